The van der Waals surface area contributed by atoms with Crippen LogP contribution in [-0.4, -0.2) is 20.1 Å². The van der Waals surface area contributed by atoms with Crippen molar-refractivity contribution in [2.45, 2.75) is 84.7 Å². The van der Waals surface area contributed by atoms with Gasteiger partial charge >= 0.3 is 0 Å². The van der Waals surface area contributed by atoms with Gasteiger partial charge in [-0.2, -0.15) is 0 Å². The van der Waals surface area contributed by atoms with Gasteiger partial charge in [0, 0.05) is 11.8 Å². The van der Waals surface area contributed by atoms with Crippen molar-refractivity contribution in [3.8, 4) is 0 Å². The third-order valence-corrected chi connectivity index (χ3v) is 11.0. The molecule has 2 nitrogen and oxygen atoms in total. The first-order valence-corrected chi connectivity index (χ1v) is 12.7. The summed E-state index contributed by atoms with van der Waals surface area (Å²) in [5.74, 6) is 1.03. The number of rotatable bonds is 4. The van der Waals surface area contributed by atoms with E-state index in [-0.39, 0.29) is 11.1 Å². The van der Waals surface area contributed by atoms with Crippen molar-refractivity contribution < 1.29 is 4.43 Å². The molecule has 0 aromatic heterocycles. The summed E-state index contributed by atoms with van der Waals surface area (Å²) in [5.41, 5.74) is 2.67. The Morgan fingerprint density at radius 2 is 1.72 bits per heavy atom. The Morgan fingerprint density at radius 1 is 1.12 bits per heavy atom. The average molecular weight is 360 g/mol. The largest absolute Gasteiger partial charge is 0.414 e. The second-order valence-corrected chi connectivity index (χ2v) is 14.1. The summed E-state index contributed by atoms with van der Waals surface area (Å²) in [6.45, 7) is 18.6. The zero-order valence-electron chi connectivity index (χ0n) is 17.5. The van der Waals surface area contributed by atoms with Crippen LogP contribution in [0, 0.1) is 11.8 Å². The Morgan fingerprint density at radius 3 is 2.28 bits per heavy atom. The van der Waals surface area contributed by atoms with Crippen LogP contribution < -0.4 is 0 Å². The molecule has 4 atom stereocenters. The van der Waals surface area contributed by atoms with Crippen LogP contribution >= 0.6 is 0 Å². The maximum atomic E-state index is 6.75. The smallest absolute Gasteiger partial charge is 0.192 e. The topological polar surface area (TPSA) is 21.6 Å². The van der Waals surface area contributed by atoms with Gasteiger partial charge in [0.2, 0.25) is 0 Å². The fourth-order valence-corrected chi connectivity index (χ4v) is 4.81. The fraction of sp³-hybridized carbons (Fsp3) is 0.682. The van der Waals surface area contributed by atoms with Gasteiger partial charge in [0.15, 0.2) is 8.32 Å². The molecule has 1 unspecified atom stereocenters. The standard InChI is InChI=1S/C22H37NOSi/c1-16-17(2)21(24-25(7,8)22(4,5)6)15-14-20(16)23-18(3)19-12-10-9-11-13-19/h9-13,16-18,21H,14-15H2,1-8H3/t16?,17-,18-,21-/m1/s1. The van der Waals surface area contributed by atoms with E-state index in [1.165, 1.54) is 11.3 Å². The number of aliphatic imine (C=N–C) groups is 1. The summed E-state index contributed by atoms with van der Waals surface area (Å²) in [7, 11) is -1.71. The summed E-state index contributed by atoms with van der Waals surface area (Å²) in [5, 5.41) is 0.270. The van der Waals surface area contributed by atoms with Crippen molar-refractivity contribution >= 4 is 14.0 Å². The molecule has 2 rings (SSSR count). The molecule has 0 amide bonds. The van der Waals surface area contributed by atoms with Crippen molar-refractivity contribution in [3.63, 3.8) is 0 Å². The highest BCUT2D eigenvalue weighted by Crippen LogP contribution is 2.41. The van der Waals surface area contributed by atoms with Crippen LogP contribution in [0.25, 0.3) is 0 Å². The third-order valence-electron chi connectivity index (χ3n) is 6.48. The van der Waals surface area contributed by atoms with E-state index in [0.29, 0.717) is 17.9 Å². The molecule has 0 radical (unpaired) electrons. The van der Waals surface area contributed by atoms with Gasteiger partial charge in [0.05, 0.1) is 6.04 Å². The molecule has 1 aromatic carbocycles. The summed E-state index contributed by atoms with van der Waals surface area (Å²) >= 11 is 0. The molecule has 1 aromatic rings. The highest BCUT2D eigenvalue weighted by molar-refractivity contribution is 6.74. The van der Waals surface area contributed by atoms with Gasteiger partial charge in [-0.3, -0.25) is 4.99 Å². The Bertz CT molecular complexity index is 588. The summed E-state index contributed by atoms with van der Waals surface area (Å²) < 4.78 is 6.75. The Hall–Kier alpha value is -0.933. The van der Waals surface area contributed by atoms with E-state index in [4.69, 9.17) is 9.42 Å². The number of hydrogen-bond donors (Lipinski definition) is 0. The van der Waals surface area contributed by atoms with E-state index >= 15 is 0 Å². The first-order chi connectivity index (χ1) is 11.5. The van der Waals surface area contributed by atoms with E-state index in [9.17, 15) is 0 Å². The van der Waals surface area contributed by atoms with Gasteiger partial charge in [-0.05, 0) is 55.3 Å². The molecular weight excluding hydrogens is 322 g/mol. The summed E-state index contributed by atoms with van der Waals surface area (Å²) in [6.07, 6.45) is 2.56. The molecule has 1 fully saturated rings. The molecule has 1 aliphatic rings. The predicted octanol–water partition coefficient (Wildman–Crippen LogP) is 6.65. The quantitative estimate of drug-likeness (QED) is 0.552. The van der Waals surface area contributed by atoms with Crippen LogP contribution in [0.1, 0.15) is 66.0 Å². The first-order valence-electron chi connectivity index (χ1n) is 9.82. The maximum Gasteiger partial charge on any atom is 0.192 e. The summed E-state index contributed by atoms with van der Waals surface area (Å²) in [4.78, 5) is 5.09. The highest BCUT2D eigenvalue weighted by atomic mass is 28.4. The molecule has 0 heterocycles. The van der Waals surface area contributed by atoms with Gasteiger partial charge in [-0.15, -0.1) is 0 Å². The lowest BCUT2D eigenvalue weighted by Gasteiger charge is -2.44. The van der Waals surface area contributed by atoms with Crippen molar-refractivity contribution in [1.29, 1.82) is 0 Å². The van der Waals surface area contributed by atoms with Crippen LogP contribution in [0.3, 0.4) is 0 Å². The minimum absolute atomic E-state index is 0.240. The Balaban J connectivity index is 2.08. The highest BCUT2D eigenvalue weighted by Gasteiger charge is 2.42. The number of hydrogen-bond acceptors (Lipinski definition) is 2. The molecule has 0 aliphatic heterocycles. The van der Waals surface area contributed by atoms with Gasteiger partial charge in [0.25, 0.3) is 0 Å². The van der Waals surface area contributed by atoms with Crippen molar-refractivity contribution in [2.24, 2.45) is 16.8 Å². The van der Waals surface area contributed by atoms with E-state index in [1.54, 1.807) is 0 Å². The lowest BCUT2D eigenvalue weighted by molar-refractivity contribution is 0.0933. The van der Waals surface area contributed by atoms with Crippen LogP contribution in [0.15, 0.2) is 35.3 Å². The van der Waals surface area contributed by atoms with Crippen LogP contribution in [-0.2, 0) is 4.43 Å². The van der Waals surface area contributed by atoms with Gasteiger partial charge in [0.1, 0.15) is 0 Å². The lowest BCUT2D eigenvalue weighted by atomic mass is 9.78. The fourth-order valence-electron chi connectivity index (χ4n) is 3.36. The normalized spacial score (nSPS) is 28.2. The maximum absolute atomic E-state index is 6.75. The van der Waals surface area contributed by atoms with Gasteiger partial charge in [-0.1, -0.05) is 65.0 Å². The first kappa shape index (κ1) is 20.4. The predicted molar refractivity (Wildman–Crippen MR) is 112 cm³/mol. The minimum atomic E-state index is -1.71. The zero-order valence-corrected chi connectivity index (χ0v) is 18.5. The molecule has 0 N–H and O–H groups in total. The van der Waals surface area contributed by atoms with E-state index in [2.05, 4.69) is 85.0 Å². The van der Waals surface area contributed by atoms with E-state index < -0.39 is 8.32 Å². The van der Waals surface area contributed by atoms with Crippen molar-refractivity contribution in [2.75, 3.05) is 0 Å². The second-order valence-electron chi connectivity index (χ2n) is 9.31. The van der Waals surface area contributed by atoms with Crippen LogP contribution in [0.5, 0.6) is 0 Å². The molecule has 1 aliphatic carbocycles. The zero-order chi connectivity index (χ0) is 18.8. The van der Waals surface area contributed by atoms with E-state index in [0.717, 1.165) is 12.8 Å². The number of benzene rings is 1. The molecule has 0 bridgehead atoms. The minimum Gasteiger partial charge on any atom is -0.414 e. The third kappa shape index (κ3) is 4.82. The van der Waals surface area contributed by atoms with Crippen LogP contribution in [0.2, 0.25) is 18.1 Å². The molecule has 25 heavy (non-hydrogen) atoms. The number of nitrogens with zero attached hydrogens (tertiary/aromatic N) is 1. The molecular formula is C22H37NOSi. The van der Waals surface area contributed by atoms with Gasteiger partial charge in [-0.25, -0.2) is 0 Å². The molecule has 3 heteroatoms. The van der Waals surface area contributed by atoms with Crippen molar-refractivity contribution in [3.05, 3.63) is 35.9 Å². The SMILES string of the molecule is CC1C(=N[C@H](C)c2ccccc2)CC[C@@H](O[Si](C)(C)C(C)(C)C)[C@@H]1C. The van der Waals surface area contributed by atoms with Crippen LogP contribution in [0.4, 0.5) is 0 Å². The molecule has 1 saturated carbocycles. The molecule has 0 saturated heterocycles. The monoisotopic (exact) mass is 359 g/mol. The molecule has 140 valence electrons. The molecule has 0 spiro atoms. The average Bonchev–Trinajstić information content (AvgIpc) is 2.54. The summed E-state index contributed by atoms with van der Waals surface area (Å²) in [6, 6.07) is 10.9. The van der Waals surface area contributed by atoms with Gasteiger partial charge < -0.3 is 4.43 Å². The Labute approximate surface area is 156 Å². The van der Waals surface area contributed by atoms with Crippen molar-refractivity contribution in [1.82, 2.24) is 0 Å². The van der Waals surface area contributed by atoms with E-state index in [1.807, 2.05) is 0 Å². The second kappa shape index (κ2) is 7.75. The Kier molecular flexibility index (Phi) is 6.32. The lowest BCUT2D eigenvalue weighted by Crippen LogP contribution is -2.48.